The van der Waals surface area contributed by atoms with Gasteiger partial charge in [-0.3, -0.25) is 9.69 Å². The first-order valence-corrected chi connectivity index (χ1v) is 12.4. The number of aryl methyl sites for hydroxylation is 1. The highest BCUT2D eigenvalue weighted by atomic mass is 35.5. The van der Waals surface area contributed by atoms with Gasteiger partial charge in [-0.15, -0.1) is 5.10 Å². The number of amidine groups is 1. The SMILES string of the molecule is CC(=O)C1=NN(c2ccc(C)cc2)C(c2cc(Cl)ccc2OCc2ccccc2F)N1c1ccc(F)cc1. The van der Waals surface area contributed by atoms with Gasteiger partial charge in [-0.25, -0.2) is 13.8 Å². The molecule has 0 N–H and O–H groups in total. The van der Waals surface area contributed by atoms with Crippen LogP contribution in [0.1, 0.15) is 29.8 Å². The molecule has 1 heterocycles. The van der Waals surface area contributed by atoms with Crippen molar-refractivity contribution in [2.24, 2.45) is 5.10 Å². The average Bonchev–Trinajstić information content (AvgIpc) is 3.30. The minimum atomic E-state index is -0.712. The molecule has 0 fully saturated rings. The van der Waals surface area contributed by atoms with Gasteiger partial charge in [0.15, 0.2) is 17.8 Å². The largest absolute Gasteiger partial charge is 0.488 e. The number of carbonyl (C=O) groups is 1. The third kappa shape index (κ3) is 5.10. The van der Waals surface area contributed by atoms with E-state index >= 15 is 0 Å². The summed E-state index contributed by atoms with van der Waals surface area (Å²) in [4.78, 5) is 14.6. The maximum absolute atomic E-state index is 14.3. The smallest absolute Gasteiger partial charge is 0.198 e. The molecule has 0 saturated carbocycles. The maximum atomic E-state index is 14.3. The Bertz CT molecular complexity index is 1510. The van der Waals surface area contributed by atoms with Gasteiger partial charge < -0.3 is 4.74 Å². The molecule has 5 rings (SSSR count). The topological polar surface area (TPSA) is 45.1 Å². The highest BCUT2D eigenvalue weighted by Gasteiger charge is 2.40. The maximum Gasteiger partial charge on any atom is 0.198 e. The second-order valence-corrected chi connectivity index (χ2v) is 9.38. The second kappa shape index (κ2) is 10.6. The summed E-state index contributed by atoms with van der Waals surface area (Å²) in [6.07, 6.45) is -0.712. The molecule has 0 bridgehead atoms. The number of rotatable bonds is 7. The average molecular weight is 532 g/mol. The van der Waals surface area contributed by atoms with Crippen LogP contribution in [0.2, 0.25) is 5.02 Å². The molecule has 1 unspecified atom stereocenters. The number of nitrogens with zero attached hydrogens (tertiary/aromatic N) is 3. The van der Waals surface area contributed by atoms with Crippen LogP contribution in [-0.4, -0.2) is 11.6 Å². The number of hydrogen-bond acceptors (Lipinski definition) is 5. The van der Waals surface area contributed by atoms with Crippen molar-refractivity contribution in [3.05, 3.63) is 124 Å². The number of halogens is 3. The summed E-state index contributed by atoms with van der Waals surface area (Å²) in [5, 5.41) is 6.85. The highest BCUT2D eigenvalue weighted by molar-refractivity contribution is 6.44. The van der Waals surface area contributed by atoms with E-state index < -0.39 is 12.0 Å². The van der Waals surface area contributed by atoms with Crippen molar-refractivity contribution in [3.63, 3.8) is 0 Å². The van der Waals surface area contributed by atoms with E-state index in [1.807, 2.05) is 31.2 Å². The predicted molar refractivity (Wildman–Crippen MR) is 146 cm³/mol. The van der Waals surface area contributed by atoms with Crippen molar-refractivity contribution in [2.75, 3.05) is 9.91 Å². The van der Waals surface area contributed by atoms with Gasteiger partial charge in [-0.2, -0.15) is 0 Å². The Hall–Kier alpha value is -4.23. The zero-order chi connectivity index (χ0) is 26.8. The summed E-state index contributed by atoms with van der Waals surface area (Å²) in [5.41, 5.74) is 3.33. The van der Waals surface area contributed by atoms with E-state index in [2.05, 4.69) is 0 Å². The first-order valence-electron chi connectivity index (χ1n) is 12.0. The number of ketones is 1. The minimum absolute atomic E-state index is 0.0183. The molecule has 4 aromatic carbocycles. The van der Waals surface area contributed by atoms with Gasteiger partial charge in [0.2, 0.25) is 0 Å². The van der Waals surface area contributed by atoms with Gasteiger partial charge in [-0.1, -0.05) is 47.5 Å². The molecule has 0 amide bonds. The van der Waals surface area contributed by atoms with Crippen molar-refractivity contribution in [3.8, 4) is 5.75 Å². The Kier molecular flexibility index (Phi) is 7.11. The molecule has 38 heavy (non-hydrogen) atoms. The van der Waals surface area contributed by atoms with E-state index in [1.165, 1.54) is 25.1 Å². The quantitative estimate of drug-likeness (QED) is 0.249. The third-order valence-corrected chi connectivity index (χ3v) is 6.45. The Morgan fingerprint density at radius 3 is 2.32 bits per heavy atom. The predicted octanol–water partition coefficient (Wildman–Crippen LogP) is 7.43. The molecule has 8 heteroatoms. The molecule has 192 valence electrons. The summed E-state index contributed by atoms with van der Waals surface area (Å²) >= 11 is 6.46. The first kappa shape index (κ1) is 25.4. The molecule has 1 aliphatic rings. The zero-order valence-corrected chi connectivity index (χ0v) is 21.5. The number of benzene rings is 4. The lowest BCUT2D eigenvalue weighted by atomic mass is 10.1. The molecule has 4 aromatic rings. The first-order chi connectivity index (χ1) is 18.3. The lowest BCUT2D eigenvalue weighted by molar-refractivity contribution is -0.111. The van der Waals surface area contributed by atoms with Gasteiger partial charge in [0.25, 0.3) is 0 Å². The van der Waals surface area contributed by atoms with Gasteiger partial charge in [0.1, 0.15) is 24.0 Å². The van der Waals surface area contributed by atoms with Crippen molar-refractivity contribution >= 4 is 34.6 Å². The lowest BCUT2D eigenvalue weighted by Gasteiger charge is -2.33. The standard InChI is InChI=1S/C30H24ClF2N3O2/c1-19-7-12-25(13-8-19)36-30(35(29(34-36)20(2)37)24-14-10-23(32)11-15-24)26-17-22(31)9-16-28(26)38-18-21-5-3-4-6-27(21)33/h3-17,30H,18H2,1-2H3. The fourth-order valence-corrected chi connectivity index (χ4v) is 4.51. The Balaban J connectivity index is 1.65. The fraction of sp³-hybridized carbons (Fsp3) is 0.133. The van der Waals surface area contributed by atoms with Crippen LogP contribution in [0.25, 0.3) is 0 Å². The summed E-state index contributed by atoms with van der Waals surface area (Å²) in [7, 11) is 0. The monoisotopic (exact) mass is 531 g/mol. The van der Waals surface area contributed by atoms with Crippen molar-refractivity contribution in [1.29, 1.82) is 0 Å². The van der Waals surface area contributed by atoms with Crippen LogP contribution in [0, 0.1) is 18.6 Å². The number of carbonyl (C=O) groups excluding carboxylic acids is 1. The van der Waals surface area contributed by atoms with Crippen LogP contribution < -0.4 is 14.6 Å². The second-order valence-electron chi connectivity index (χ2n) is 8.94. The van der Waals surface area contributed by atoms with E-state index in [9.17, 15) is 13.6 Å². The number of ether oxygens (including phenoxy) is 1. The fourth-order valence-electron chi connectivity index (χ4n) is 4.33. The van der Waals surface area contributed by atoms with Gasteiger partial charge in [0.05, 0.1) is 5.69 Å². The molecule has 0 radical (unpaired) electrons. The van der Waals surface area contributed by atoms with E-state index in [0.717, 1.165) is 11.3 Å². The van der Waals surface area contributed by atoms with E-state index in [1.54, 1.807) is 58.4 Å². The van der Waals surface area contributed by atoms with Crippen LogP contribution in [0.3, 0.4) is 0 Å². The van der Waals surface area contributed by atoms with E-state index in [-0.39, 0.29) is 24.0 Å². The molecular formula is C30H24ClF2N3O2. The van der Waals surface area contributed by atoms with Crippen LogP contribution in [0.4, 0.5) is 20.2 Å². The van der Waals surface area contributed by atoms with Gasteiger partial charge in [0, 0.05) is 28.8 Å². The Labute approximate surface area is 224 Å². The molecule has 0 saturated heterocycles. The van der Waals surface area contributed by atoms with Gasteiger partial charge in [-0.05, 0) is 67.6 Å². The zero-order valence-electron chi connectivity index (χ0n) is 20.7. The van der Waals surface area contributed by atoms with Gasteiger partial charge >= 0.3 is 0 Å². The Morgan fingerprint density at radius 1 is 0.947 bits per heavy atom. The summed E-state index contributed by atoms with van der Waals surface area (Å²) < 4.78 is 34.3. The number of anilines is 2. The normalized spacial score (nSPS) is 15.0. The molecule has 0 aliphatic carbocycles. The third-order valence-electron chi connectivity index (χ3n) is 6.22. The van der Waals surface area contributed by atoms with E-state index in [4.69, 9.17) is 21.4 Å². The molecular weight excluding hydrogens is 508 g/mol. The summed E-state index contributed by atoms with van der Waals surface area (Å²) in [6.45, 7) is 3.39. The van der Waals surface area contributed by atoms with Crippen LogP contribution in [0.15, 0.2) is 96.1 Å². The van der Waals surface area contributed by atoms with Crippen LogP contribution in [-0.2, 0) is 11.4 Å². The lowest BCUT2D eigenvalue weighted by Crippen LogP contribution is -2.38. The van der Waals surface area contributed by atoms with Crippen LogP contribution >= 0.6 is 11.6 Å². The molecule has 0 aromatic heterocycles. The molecule has 1 atom stereocenters. The molecule has 1 aliphatic heterocycles. The van der Waals surface area contributed by atoms with Crippen LogP contribution in [0.5, 0.6) is 5.75 Å². The summed E-state index contributed by atoms with van der Waals surface area (Å²) in [6, 6.07) is 25.0. The summed E-state index contributed by atoms with van der Waals surface area (Å²) in [5.74, 6) is -0.447. The number of Topliss-reactive ketones (excluding diaryl/α,β-unsaturated/α-hetero) is 1. The van der Waals surface area contributed by atoms with Crippen molar-refractivity contribution in [2.45, 2.75) is 26.6 Å². The van der Waals surface area contributed by atoms with Crippen molar-refractivity contribution < 1.29 is 18.3 Å². The van der Waals surface area contributed by atoms with E-state index in [0.29, 0.717) is 27.6 Å². The number of hydrazone groups is 1. The molecule has 0 spiro atoms. The molecule has 5 nitrogen and oxygen atoms in total. The minimum Gasteiger partial charge on any atom is -0.488 e. The number of hydrogen-bond donors (Lipinski definition) is 0. The van der Waals surface area contributed by atoms with Crippen molar-refractivity contribution in [1.82, 2.24) is 0 Å². The highest BCUT2D eigenvalue weighted by Crippen LogP contribution is 2.43. The Morgan fingerprint density at radius 2 is 1.63 bits per heavy atom.